The second-order valence-electron chi connectivity index (χ2n) is 5.03. The van der Waals surface area contributed by atoms with Crippen LogP contribution in [0.2, 0.25) is 0 Å². The van der Waals surface area contributed by atoms with Crippen molar-refractivity contribution in [2.24, 2.45) is 4.99 Å². The third-order valence-corrected chi connectivity index (χ3v) is 2.86. The summed E-state index contributed by atoms with van der Waals surface area (Å²) in [6.45, 7) is 0.624. The van der Waals surface area contributed by atoms with Gasteiger partial charge in [-0.05, 0) is 12.1 Å². The molecule has 20 heavy (non-hydrogen) atoms. The molecule has 0 fully saturated rings. The van der Waals surface area contributed by atoms with Crippen LogP contribution in [0.4, 0.5) is 0 Å². The van der Waals surface area contributed by atoms with E-state index in [1.165, 1.54) is 0 Å². The summed E-state index contributed by atoms with van der Waals surface area (Å²) in [6.07, 6.45) is 3.88. The Bertz CT molecular complexity index is 559. The lowest BCUT2D eigenvalue weighted by Gasteiger charge is -2.22. The highest BCUT2D eigenvalue weighted by molar-refractivity contribution is 5.79. The SMILES string of the molecule is CN(C)C(=NCc1cnn(-c2ccccc2)c1)N(C)C. The van der Waals surface area contributed by atoms with Gasteiger partial charge in [0.1, 0.15) is 0 Å². The Morgan fingerprint density at radius 3 is 2.35 bits per heavy atom. The number of aromatic nitrogens is 2. The van der Waals surface area contributed by atoms with Gasteiger partial charge in [0.05, 0.1) is 18.4 Å². The number of para-hydroxylation sites is 1. The van der Waals surface area contributed by atoms with Crippen molar-refractivity contribution < 1.29 is 0 Å². The van der Waals surface area contributed by atoms with Crippen LogP contribution < -0.4 is 0 Å². The van der Waals surface area contributed by atoms with E-state index < -0.39 is 0 Å². The Labute approximate surface area is 120 Å². The number of nitrogens with zero attached hydrogens (tertiary/aromatic N) is 5. The van der Waals surface area contributed by atoms with Crippen molar-refractivity contribution in [3.05, 3.63) is 48.3 Å². The van der Waals surface area contributed by atoms with Crippen LogP contribution in [-0.2, 0) is 6.54 Å². The molecule has 0 bridgehead atoms. The van der Waals surface area contributed by atoms with E-state index in [-0.39, 0.29) is 0 Å². The first-order chi connectivity index (χ1) is 9.58. The van der Waals surface area contributed by atoms with E-state index in [1.807, 2.05) is 85.4 Å². The van der Waals surface area contributed by atoms with Crippen molar-refractivity contribution in [2.75, 3.05) is 28.2 Å². The predicted molar refractivity (Wildman–Crippen MR) is 82.1 cm³/mol. The number of hydrogen-bond donors (Lipinski definition) is 0. The first-order valence-corrected chi connectivity index (χ1v) is 6.56. The highest BCUT2D eigenvalue weighted by Gasteiger charge is 2.05. The number of benzene rings is 1. The standard InChI is InChI=1S/C15H21N5/c1-18(2)15(19(3)4)16-10-13-11-17-20(12-13)14-8-6-5-7-9-14/h5-9,11-12H,10H2,1-4H3. The Kier molecular flexibility index (Phi) is 4.40. The summed E-state index contributed by atoms with van der Waals surface area (Å²) in [4.78, 5) is 8.62. The number of hydrogen-bond acceptors (Lipinski definition) is 2. The summed E-state index contributed by atoms with van der Waals surface area (Å²) in [5, 5.41) is 4.37. The van der Waals surface area contributed by atoms with Crippen LogP contribution in [0.5, 0.6) is 0 Å². The minimum Gasteiger partial charge on any atom is -0.349 e. The summed E-state index contributed by atoms with van der Waals surface area (Å²) in [5.74, 6) is 0.942. The fraction of sp³-hybridized carbons (Fsp3) is 0.333. The normalized spacial score (nSPS) is 10.2. The summed E-state index contributed by atoms with van der Waals surface area (Å²) in [5.41, 5.74) is 2.15. The average Bonchev–Trinajstić information content (AvgIpc) is 2.88. The molecule has 0 aliphatic rings. The fourth-order valence-electron chi connectivity index (χ4n) is 2.01. The highest BCUT2D eigenvalue weighted by atomic mass is 15.3. The topological polar surface area (TPSA) is 36.7 Å². The van der Waals surface area contributed by atoms with Crippen molar-refractivity contribution >= 4 is 5.96 Å². The van der Waals surface area contributed by atoms with E-state index in [0.29, 0.717) is 6.54 Å². The lowest BCUT2D eigenvalue weighted by Crippen LogP contribution is -2.35. The molecule has 5 heteroatoms. The maximum Gasteiger partial charge on any atom is 0.195 e. The van der Waals surface area contributed by atoms with Crippen molar-refractivity contribution in [2.45, 2.75) is 6.54 Å². The van der Waals surface area contributed by atoms with Gasteiger partial charge < -0.3 is 9.80 Å². The molecule has 1 aromatic carbocycles. The molecule has 0 amide bonds. The first kappa shape index (κ1) is 14.1. The Morgan fingerprint density at radius 1 is 1.10 bits per heavy atom. The molecular weight excluding hydrogens is 250 g/mol. The molecule has 0 spiro atoms. The molecule has 2 rings (SSSR count). The van der Waals surface area contributed by atoms with Gasteiger partial charge in [0.25, 0.3) is 0 Å². The maximum atomic E-state index is 4.62. The molecule has 0 aliphatic heterocycles. The van der Waals surface area contributed by atoms with Crippen LogP contribution in [0.25, 0.3) is 5.69 Å². The largest absolute Gasteiger partial charge is 0.349 e. The summed E-state index contributed by atoms with van der Waals surface area (Å²) >= 11 is 0. The second-order valence-corrected chi connectivity index (χ2v) is 5.03. The first-order valence-electron chi connectivity index (χ1n) is 6.56. The smallest absolute Gasteiger partial charge is 0.195 e. The summed E-state index contributed by atoms with van der Waals surface area (Å²) in [7, 11) is 7.97. The van der Waals surface area contributed by atoms with Gasteiger partial charge in [-0.15, -0.1) is 0 Å². The zero-order chi connectivity index (χ0) is 14.5. The Hall–Kier alpha value is -2.30. The van der Waals surface area contributed by atoms with Crippen molar-refractivity contribution in [3.8, 4) is 5.69 Å². The van der Waals surface area contributed by atoms with E-state index in [0.717, 1.165) is 17.2 Å². The predicted octanol–water partition coefficient (Wildman–Crippen LogP) is 1.85. The number of rotatable bonds is 3. The fourth-order valence-corrected chi connectivity index (χ4v) is 2.01. The van der Waals surface area contributed by atoms with E-state index in [1.54, 1.807) is 0 Å². The minimum absolute atomic E-state index is 0.624. The minimum atomic E-state index is 0.624. The Morgan fingerprint density at radius 2 is 1.75 bits per heavy atom. The van der Waals surface area contributed by atoms with Crippen LogP contribution >= 0.6 is 0 Å². The van der Waals surface area contributed by atoms with Gasteiger partial charge in [-0.3, -0.25) is 0 Å². The molecule has 5 nitrogen and oxygen atoms in total. The van der Waals surface area contributed by atoms with Gasteiger partial charge in [0.2, 0.25) is 0 Å². The zero-order valence-electron chi connectivity index (χ0n) is 12.5. The molecule has 0 atom stereocenters. The van der Waals surface area contributed by atoms with Crippen LogP contribution in [0.15, 0.2) is 47.7 Å². The molecule has 0 saturated heterocycles. The molecule has 0 radical (unpaired) electrons. The quantitative estimate of drug-likeness (QED) is 0.631. The van der Waals surface area contributed by atoms with Crippen LogP contribution in [0, 0.1) is 0 Å². The van der Waals surface area contributed by atoms with Crippen LogP contribution in [0.3, 0.4) is 0 Å². The van der Waals surface area contributed by atoms with Crippen molar-refractivity contribution in [1.29, 1.82) is 0 Å². The Balaban J connectivity index is 2.12. The van der Waals surface area contributed by atoms with Crippen LogP contribution in [0.1, 0.15) is 5.56 Å². The molecule has 0 saturated carbocycles. The molecule has 0 unspecified atom stereocenters. The number of aliphatic imine (C=N–C) groups is 1. The maximum absolute atomic E-state index is 4.62. The van der Waals surface area contributed by atoms with Gasteiger partial charge in [-0.2, -0.15) is 5.10 Å². The van der Waals surface area contributed by atoms with Gasteiger partial charge >= 0.3 is 0 Å². The lowest BCUT2D eigenvalue weighted by atomic mass is 10.3. The summed E-state index contributed by atoms with van der Waals surface area (Å²) < 4.78 is 1.87. The van der Waals surface area contributed by atoms with Crippen molar-refractivity contribution in [3.63, 3.8) is 0 Å². The highest BCUT2D eigenvalue weighted by Crippen LogP contribution is 2.08. The molecule has 0 N–H and O–H groups in total. The van der Waals surface area contributed by atoms with E-state index in [9.17, 15) is 0 Å². The van der Waals surface area contributed by atoms with Gasteiger partial charge in [-0.1, -0.05) is 18.2 Å². The third-order valence-electron chi connectivity index (χ3n) is 2.86. The monoisotopic (exact) mass is 271 g/mol. The average molecular weight is 271 g/mol. The number of guanidine groups is 1. The molecule has 1 aromatic heterocycles. The van der Waals surface area contributed by atoms with Gasteiger partial charge in [0.15, 0.2) is 5.96 Å². The van der Waals surface area contributed by atoms with E-state index >= 15 is 0 Å². The molecular formula is C15H21N5. The van der Waals surface area contributed by atoms with Crippen LogP contribution in [-0.4, -0.2) is 53.7 Å². The third kappa shape index (κ3) is 3.38. The molecule has 1 heterocycles. The van der Waals surface area contributed by atoms with E-state index in [4.69, 9.17) is 0 Å². The molecule has 0 aliphatic carbocycles. The molecule has 2 aromatic rings. The van der Waals surface area contributed by atoms with Gasteiger partial charge in [0, 0.05) is 40.0 Å². The summed E-state index contributed by atoms with van der Waals surface area (Å²) in [6, 6.07) is 10.1. The lowest BCUT2D eigenvalue weighted by molar-refractivity contribution is 0.479. The molecule has 106 valence electrons. The van der Waals surface area contributed by atoms with E-state index in [2.05, 4.69) is 10.1 Å². The van der Waals surface area contributed by atoms with Gasteiger partial charge in [-0.25, -0.2) is 9.67 Å². The van der Waals surface area contributed by atoms with Crippen molar-refractivity contribution in [1.82, 2.24) is 19.6 Å². The second kappa shape index (κ2) is 6.23. The zero-order valence-corrected chi connectivity index (χ0v) is 12.5.